The molecule has 0 aromatic rings. The van der Waals surface area contributed by atoms with E-state index >= 15 is 0 Å². The molecule has 0 aliphatic rings. The van der Waals surface area contributed by atoms with Crippen LogP contribution in [-0.4, -0.2) is 33.1 Å². The molecule has 0 heterocycles. The molecule has 0 aliphatic heterocycles. The Labute approximate surface area is 68.1 Å². The van der Waals surface area contributed by atoms with E-state index in [2.05, 4.69) is 20.0 Å². The third kappa shape index (κ3) is 3.98. The van der Waals surface area contributed by atoms with Crippen molar-refractivity contribution in [2.24, 2.45) is 0 Å². The van der Waals surface area contributed by atoms with Gasteiger partial charge in [-0.2, -0.15) is 0 Å². The Morgan fingerprint density at radius 2 is 2.00 bits per heavy atom. The SMILES string of the molecule is CCC[Si](C)(C)[O][In]. The van der Waals surface area contributed by atoms with E-state index in [1.54, 1.807) is 0 Å². The van der Waals surface area contributed by atoms with E-state index in [1.807, 2.05) is 0 Å². The predicted octanol–water partition coefficient (Wildman–Crippen LogP) is 1.70. The maximum atomic E-state index is 5.45. The standard InChI is InChI=1S/C5H13OSi.In/c1-4-5-7(2,3)6;/h4-5H2,1-3H3;/q-1;+1. The van der Waals surface area contributed by atoms with Gasteiger partial charge < -0.3 is 0 Å². The Hall–Kier alpha value is 1.05. The minimum absolute atomic E-state index is 0.981. The van der Waals surface area contributed by atoms with Crippen molar-refractivity contribution in [3.8, 4) is 0 Å². The van der Waals surface area contributed by atoms with Crippen LogP contribution >= 0.6 is 0 Å². The summed E-state index contributed by atoms with van der Waals surface area (Å²) < 4.78 is 5.45. The van der Waals surface area contributed by atoms with Crippen molar-refractivity contribution in [3.05, 3.63) is 0 Å². The Balaban J connectivity index is 3.37. The van der Waals surface area contributed by atoms with Crippen LogP contribution in [0.1, 0.15) is 13.3 Å². The van der Waals surface area contributed by atoms with Gasteiger partial charge in [-0.25, -0.2) is 0 Å². The van der Waals surface area contributed by atoms with Crippen LogP contribution in [0.2, 0.25) is 19.1 Å². The van der Waals surface area contributed by atoms with Gasteiger partial charge in [-0.15, -0.1) is 0 Å². The van der Waals surface area contributed by atoms with Crippen molar-refractivity contribution in [3.63, 3.8) is 0 Å². The van der Waals surface area contributed by atoms with Gasteiger partial charge in [-0.3, -0.25) is 0 Å². The summed E-state index contributed by atoms with van der Waals surface area (Å²) in [6.45, 7) is 6.77. The molecule has 1 nitrogen and oxygen atoms in total. The number of hydrogen-bond acceptors (Lipinski definition) is 1. The molecule has 0 spiro atoms. The molecular formula is C5H13InOSi. The van der Waals surface area contributed by atoms with Gasteiger partial charge in [0.15, 0.2) is 0 Å². The van der Waals surface area contributed by atoms with E-state index in [0.29, 0.717) is 0 Å². The van der Waals surface area contributed by atoms with E-state index in [-0.39, 0.29) is 0 Å². The van der Waals surface area contributed by atoms with Crippen LogP contribution < -0.4 is 0 Å². The second-order valence-electron chi connectivity index (χ2n) is 2.63. The van der Waals surface area contributed by atoms with Crippen molar-refractivity contribution in [2.45, 2.75) is 32.5 Å². The van der Waals surface area contributed by atoms with E-state index in [4.69, 9.17) is 2.54 Å². The summed E-state index contributed by atoms with van der Waals surface area (Å²) in [5.74, 6) is 0. The second kappa shape index (κ2) is 3.96. The normalized spacial score (nSPS) is 11.9. The summed E-state index contributed by atoms with van der Waals surface area (Å²) in [4.78, 5) is 0. The molecule has 0 saturated heterocycles. The first-order chi connectivity index (χ1) is 3.62. The average molecular weight is 232 g/mol. The molecule has 0 aromatic carbocycles. The Kier molecular flexibility index (Phi) is 4.48. The molecule has 3 heteroatoms. The summed E-state index contributed by atoms with van der Waals surface area (Å²) >= 11 is 0.981. The van der Waals surface area contributed by atoms with Crippen molar-refractivity contribution < 1.29 is 2.54 Å². The quantitative estimate of drug-likeness (QED) is 0.673. The van der Waals surface area contributed by atoms with Gasteiger partial charge in [0.25, 0.3) is 0 Å². The van der Waals surface area contributed by atoms with Crippen molar-refractivity contribution in [2.75, 3.05) is 0 Å². The molecule has 0 rings (SSSR count). The summed E-state index contributed by atoms with van der Waals surface area (Å²) in [6, 6.07) is 1.31. The molecule has 2 radical (unpaired) electrons. The molecular weight excluding hydrogens is 219 g/mol. The molecule has 0 atom stereocenters. The van der Waals surface area contributed by atoms with E-state index in [0.717, 1.165) is 24.8 Å². The molecule has 0 fully saturated rings. The van der Waals surface area contributed by atoms with Crippen LogP contribution in [0.15, 0.2) is 0 Å². The first-order valence-electron chi connectivity index (χ1n) is 3.00. The minimum atomic E-state index is -1.12. The topological polar surface area (TPSA) is 9.23 Å². The van der Waals surface area contributed by atoms with Gasteiger partial charge in [0.2, 0.25) is 0 Å². The Morgan fingerprint density at radius 1 is 1.50 bits per heavy atom. The second-order valence-corrected chi connectivity index (χ2v) is 8.90. The predicted molar refractivity (Wildman–Crippen MR) is 39.4 cm³/mol. The molecule has 46 valence electrons. The summed E-state index contributed by atoms with van der Waals surface area (Å²) in [5.41, 5.74) is 0. The zero-order chi connectivity index (χ0) is 6.62. The van der Waals surface area contributed by atoms with Gasteiger partial charge in [0.05, 0.1) is 0 Å². The third-order valence-electron chi connectivity index (χ3n) is 1.17. The van der Waals surface area contributed by atoms with Crippen LogP contribution in [0, 0.1) is 0 Å². The molecule has 8 heavy (non-hydrogen) atoms. The van der Waals surface area contributed by atoms with Crippen molar-refractivity contribution in [1.29, 1.82) is 0 Å². The fourth-order valence-corrected chi connectivity index (χ4v) is 2.99. The van der Waals surface area contributed by atoms with Gasteiger partial charge in [0.1, 0.15) is 0 Å². The van der Waals surface area contributed by atoms with E-state index < -0.39 is 8.32 Å². The molecule has 0 aromatic heterocycles. The van der Waals surface area contributed by atoms with Crippen LogP contribution in [0.3, 0.4) is 0 Å². The zero-order valence-corrected chi connectivity index (χ0v) is 10.2. The number of rotatable bonds is 3. The first-order valence-corrected chi connectivity index (χ1v) is 7.46. The van der Waals surface area contributed by atoms with E-state index in [9.17, 15) is 0 Å². The summed E-state index contributed by atoms with van der Waals surface area (Å²) in [5, 5.41) is 0. The van der Waals surface area contributed by atoms with Crippen LogP contribution in [0.4, 0.5) is 0 Å². The summed E-state index contributed by atoms with van der Waals surface area (Å²) in [7, 11) is -1.12. The Bertz CT molecular complexity index is 65.4. The van der Waals surface area contributed by atoms with Gasteiger partial charge >= 0.3 is 68.2 Å². The van der Waals surface area contributed by atoms with Gasteiger partial charge in [-0.1, -0.05) is 0 Å². The molecule has 0 amide bonds. The van der Waals surface area contributed by atoms with Crippen LogP contribution in [0.5, 0.6) is 0 Å². The Morgan fingerprint density at radius 3 is 2.12 bits per heavy atom. The molecule has 0 N–H and O–H groups in total. The molecule has 0 unspecified atom stereocenters. The van der Waals surface area contributed by atoms with E-state index in [1.165, 1.54) is 12.5 Å². The van der Waals surface area contributed by atoms with Crippen molar-refractivity contribution >= 4 is 33.1 Å². The monoisotopic (exact) mass is 232 g/mol. The fourth-order valence-electron chi connectivity index (χ4n) is 0.661. The van der Waals surface area contributed by atoms with Crippen molar-refractivity contribution in [1.82, 2.24) is 0 Å². The van der Waals surface area contributed by atoms with Crippen LogP contribution in [0.25, 0.3) is 0 Å². The maximum absolute atomic E-state index is 5.45. The first kappa shape index (κ1) is 9.05. The van der Waals surface area contributed by atoms with Gasteiger partial charge in [-0.05, 0) is 0 Å². The number of hydrogen-bond donors (Lipinski definition) is 0. The van der Waals surface area contributed by atoms with Crippen LogP contribution in [-0.2, 0) is 2.54 Å². The summed E-state index contributed by atoms with van der Waals surface area (Å²) in [6.07, 6.45) is 1.28. The molecule has 0 saturated carbocycles. The molecule has 0 aliphatic carbocycles. The average Bonchev–Trinajstić information content (AvgIpc) is 1.67. The third-order valence-corrected chi connectivity index (χ3v) is 8.98. The molecule has 0 bridgehead atoms. The van der Waals surface area contributed by atoms with Gasteiger partial charge in [0, 0.05) is 0 Å². The fraction of sp³-hybridized carbons (Fsp3) is 1.00. The zero-order valence-electron chi connectivity index (χ0n) is 5.90.